The maximum Gasteiger partial charge on any atom is 0.330 e. The lowest BCUT2D eigenvalue weighted by molar-refractivity contribution is 0.254. The van der Waals surface area contributed by atoms with Gasteiger partial charge in [0.15, 0.2) is 0 Å². The number of aryl methyl sites for hydroxylation is 1. The van der Waals surface area contributed by atoms with Gasteiger partial charge in [-0.2, -0.15) is 0 Å². The summed E-state index contributed by atoms with van der Waals surface area (Å²) in [7, 11) is 0. The largest absolute Gasteiger partial charge is 0.439 e. The molecule has 0 atom stereocenters. The maximum absolute atomic E-state index is 12.9. The van der Waals surface area contributed by atoms with Crippen LogP contribution in [0, 0.1) is 6.92 Å². The van der Waals surface area contributed by atoms with Gasteiger partial charge in [0.1, 0.15) is 12.1 Å². The molecule has 0 saturated heterocycles. The standard InChI is InChI=1S/C24H23N5O3/c1-15-8-16(13-30)10-18(9-15)28-24(31)29-7-5-17-11-19(2-3-22(17)29)32-23-20-4-6-25-12-21(20)26-14-27-23/h2-3,5,7-11,14,25,30H,4,6,12-13H2,1H3,(H,28,31). The molecule has 0 spiro atoms. The number of carbonyl (C=O) groups is 1. The number of benzene rings is 2. The van der Waals surface area contributed by atoms with Crippen LogP contribution in [-0.2, 0) is 19.6 Å². The van der Waals surface area contributed by atoms with Gasteiger partial charge >= 0.3 is 6.03 Å². The first-order valence-electron chi connectivity index (χ1n) is 10.5. The number of aliphatic hydroxyl groups is 1. The van der Waals surface area contributed by atoms with E-state index in [2.05, 4.69) is 20.6 Å². The summed E-state index contributed by atoms with van der Waals surface area (Å²) >= 11 is 0. The number of carbonyl (C=O) groups excluding carboxylic acids is 1. The van der Waals surface area contributed by atoms with Crippen LogP contribution < -0.4 is 15.4 Å². The summed E-state index contributed by atoms with van der Waals surface area (Å²) < 4.78 is 7.63. The zero-order chi connectivity index (χ0) is 22.1. The highest BCUT2D eigenvalue weighted by atomic mass is 16.5. The Morgan fingerprint density at radius 2 is 2.12 bits per heavy atom. The van der Waals surface area contributed by atoms with Crippen LogP contribution in [0.2, 0.25) is 0 Å². The van der Waals surface area contributed by atoms with Crippen molar-refractivity contribution in [3.63, 3.8) is 0 Å². The quantitative estimate of drug-likeness (QED) is 0.457. The van der Waals surface area contributed by atoms with Crippen molar-refractivity contribution in [2.75, 3.05) is 11.9 Å². The minimum atomic E-state index is -0.277. The maximum atomic E-state index is 12.9. The van der Waals surface area contributed by atoms with Crippen molar-refractivity contribution in [3.05, 3.63) is 77.4 Å². The van der Waals surface area contributed by atoms with Gasteiger partial charge in [0.05, 0.1) is 17.8 Å². The van der Waals surface area contributed by atoms with Crippen LogP contribution in [-0.4, -0.2) is 32.2 Å². The van der Waals surface area contributed by atoms with Crippen molar-refractivity contribution in [2.24, 2.45) is 0 Å². The lowest BCUT2D eigenvalue weighted by Crippen LogP contribution is -2.25. The van der Waals surface area contributed by atoms with Crippen molar-refractivity contribution < 1.29 is 14.6 Å². The van der Waals surface area contributed by atoms with Gasteiger partial charge in [-0.25, -0.2) is 14.8 Å². The summed E-state index contributed by atoms with van der Waals surface area (Å²) in [6, 6.07) is 12.7. The Bertz CT molecular complexity index is 1310. The van der Waals surface area contributed by atoms with E-state index in [0.29, 0.717) is 23.9 Å². The SMILES string of the molecule is Cc1cc(CO)cc(NC(=O)n2ccc3cc(Oc4ncnc5c4CCNC5)ccc32)c1. The molecule has 0 fully saturated rings. The number of hydrogen-bond donors (Lipinski definition) is 3. The molecule has 3 heterocycles. The molecule has 0 saturated carbocycles. The molecule has 162 valence electrons. The van der Waals surface area contributed by atoms with Gasteiger partial charge in [-0.15, -0.1) is 0 Å². The molecule has 5 rings (SSSR count). The molecule has 0 bridgehead atoms. The molecule has 32 heavy (non-hydrogen) atoms. The molecule has 0 radical (unpaired) electrons. The van der Waals surface area contributed by atoms with Crippen LogP contribution in [0.1, 0.15) is 22.4 Å². The Labute approximate surface area is 184 Å². The Morgan fingerprint density at radius 1 is 1.22 bits per heavy atom. The minimum Gasteiger partial charge on any atom is -0.439 e. The second-order valence-electron chi connectivity index (χ2n) is 7.83. The van der Waals surface area contributed by atoms with Crippen LogP contribution in [0.3, 0.4) is 0 Å². The van der Waals surface area contributed by atoms with Crippen LogP contribution in [0.5, 0.6) is 11.6 Å². The Balaban J connectivity index is 1.39. The summed E-state index contributed by atoms with van der Waals surface area (Å²) in [6.45, 7) is 3.43. The van der Waals surface area contributed by atoms with E-state index in [-0.39, 0.29) is 12.6 Å². The fourth-order valence-corrected chi connectivity index (χ4v) is 4.02. The third kappa shape index (κ3) is 3.93. The summed E-state index contributed by atoms with van der Waals surface area (Å²) in [5.74, 6) is 1.23. The van der Waals surface area contributed by atoms with Crippen molar-refractivity contribution in [1.82, 2.24) is 19.9 Å². The number of aliphatic hydroxyl groups excluding tert-OH is 1. The molecule has 8 heteroatoms. The van der Waals surface area contributed by atoms with Crippen LogP contribution in [0.4, 0.5) is 10.5 Å². The molecule has 1 aliphatic heterocycles. The van der Waals surface area contributed by atoms with E-state index in [4.69, 9.17) is 4.74 Å². The molecule has 1 amide bonds. The number of aromatic nitrogens is 3. The van der Waals surface area contributed by atoms with Gasteiger partial charge in [0.25, 0.3) is 0 Å². The number of amides is 1. The average Bonchev–Trinajstić information content (AvgIpc) is 3.22. The highest BCUT2D eigenvalue weighted by molar-refractivity contribution is 5.98. The minimum absolute atomic E-state index is 0.0775. The van der Waals surface area contributed by atoms with Crippen LogP contribution in [0.15, 0.2) is 55.0 Å². The van der Waals surface area contributed by atoms with Gasteiger partial charge in [0, 0.05) is 29.4 Å². The van der Waals surface area contributed by atoms with E-state index in [0.717, 1.165) is 46.3 Å². The molecular weight excluding hydrogens is 406 g/mol. The zero-order valence-electron chi connectivity index (χ0n) is 17.6. The fraction of sp³-hybridized carbons (Fsp3) is 0.208. The molecule has 2 aromatic carbocycles. The predicted molar refractivity (Wildman–Crippen MR) is 121 cm³/mol. The summed E-state index contributed by atoms with van der Waals surface area (Å²) in [6.07, 6.45) is 4.07. The first-order valence-corrected chi connectivity index (χ1v) is 10.5. The Hall–Kier alpha value is -3.75. The van der Waals surface area contributed by atoms with Crippen LogP contribution >= 0.6 is 0 Å². The number of anilines is 1. The van der Waals surface area contributed by atoms with E-state index in [9.17, 15) is 9.90 Å². The summed E-state index contributed by atoms with van der Waals surface area (Å²) in [5, 5.41) is 16.5. The van der Waals surface area contributed by atoms with Crippen molar-refractivity contribution in [1.29, 1.82) is 0 Å². The number of ether oxygens (including phenoxy) is 1. The highest BCUT2D eigenvalue weighted by Crippen LogP contribution is 2.29. The predicted octanol–water partition coefficient (Wildman–Crippen LogP) is 3.75. The molecular formula is C24H23N5O3. The third-order valence-corrected chi connectivity index (χ3v) is 5.51. The second-order valence-corrected chi connectivity index (χ2v) is 7.83. The number of nitrogens with zero attached hydrogens (tertiary/aromatic N) is 3. The van der Waals surface area contributed by atoms with E-state index in [1.54, 1.807) is 16.8 Å². The van der Waals surface area contributed by atoms with Gasteiger partial charge in [-0.05, 0) is 67.4 Å². The lowest BCUT2D eigenvalue weighted by Gasteiger charge is -2.18. The van der Waals surface area contributed by atoms with Gasteiger partial charge in [0.2, 0.25) is 5.88 Å². The summed E-state index contributed by atoms with van der Waals surface area (Å²) in [5.41, 5.74) is 5.12. The lowest BCUT2D eigenvalue weighted by atomic mass is 10.1. The van der Waals surface area contributed by atoms with E-state index in [1.165, 1.54) is 6.33 Å². The van der Waals surface area contributed by atoms with Crippen LogP contribution in [0.25, 0.3) is 10.9 Å². The zero-order valence-corrected chi connectivity index (χ0v) is 17.6. The smallest absolute Gasteiger partial charge is 0.330 e. The number of hydrogen-bond acceptors (Lipinski definition) is 6. The first-order chi connectivity index (χ1) is 15.6. The first kappa shape index (κ1) is 20.2. The van der Waals surface area contributed by atoms with Crippen molar-refractivity contribution in [3.8, 4) is 11.6 Å². The number of nitrogens with one attached hydrogen (secondary N) is 2. The monoisotopic (exact) mass is 429 g/mol. The van der Waals surface area contributed by atoms with Gasteiger partial charge in [-0.1, -0.05) is 6.07 Å². The van der Waals surface area contributed by atoms with E-state index >= 15 is 0 Å². The Kier molecular flexibility index (Phi) is 5.30. The number of fused-ring (bicyclic) bond motifs is 2. The molecule has 1 aliphatic rings. The van der Waals surface area contributed by atoms with E-state index in [1.807, 2.05) is 43.3 Å². The fourth-order valence-electron chi connectivity index (χ4n) is 4.02. The third-order valence-electron chi connectivity index (χ3n) is 5.51. The molecule has 0 aliphatic carbocycles. The van der Waals surface area contributed by atoms with Crippen molar-refractivity contribution in [2.45, 2.75) is 26.5 Å². The molecule has 0 unspecified atom stereocenters. The molecule has 4 aromatic rings. The van der Waals surface area contributed by atoms with Gasteiger partial charge < -0.3 is 20.5 Å². The second kappa shape index (κ2) is 8.41. The Morgan fingerprint density at radius 3 is 3.00 bits per heavy atom. The van der Waals surface area contributed by atoms with Gasteiger partial charge in [-0.3, -0.25) is 4.57 Å². The van der Waals surface area contributed by atoms with Crippen molar-refractivity contribution >= 4 is 22.6 Å². The van der Waals surface area contributed by atoms with E-state index < -0.39 is 0 Å². The average molecular weight is 429 g/mol. The molecule has 2 aromatic heterocycles. The molecule has 8 nitrogen and oxygen atoms in total. The normalized spacial score (nSPS) is 13.1. The highest BCUT2D eigenvalue weighted by Gasteiger charge is 2.17. The molecule has 3 N–H and O–H groups in total. The number of rotatable bonds is 4. The topological polar surface area (TPSA) is 101 Å². The summed E-state index contributed by atoms with van der Waals surface area (Å²) in [4.78, 5) is 21.5.